The van der Waals surface area contributed by atoms with E-state index in [0.717, 1.165) is 21.9 Å². The Kier molecular flexibility index (Phi) is 4.92. The predicted molar refractivity (Wildman–Crippen MR) is 80.7 cm³/mol. The van der Waals surface area contributed by atoms with Crippen molar-refractivity contribution in [3.63, 3.8) is 0 Å². The lowest BCUT2D eigenvalue weighted by molar-refractivity contribution is 0.285. The Morgan fingerprint density at radius 3 is 2.80 bits per heavy atom. The Hall–Kier alpha value is -0.800. The van der Waals surface area contributed by atoms with Crippen molar-refractivity contribution in [3.05, 3.63) is 33.1 Å². The molecule has 0 saturated carbocycles. The fourth-order valence-electron chi connectivity index (χ4n) is 1.65. The summed E-state index contributed by atoms with van der Waals surface area (Å²) in [6.07, 6.45) is 1.71. The molecule has 0 aliphatic rings. The summed E-state index contributed by atoms with van der Waals surface area (Å²) in [4.78, 5) is 4.85. The molecule has 0 aromatic carbocycles. The van der Waals surface area contributed by atoms with Crippen molar-refractivity contribution >= 4 is 32.7 Å². The predicted octanol–water partition coefficient (Wildman–Crippen LogP) is 2.09. The van der Waals surface area contributed by atoms with Gasteiger partial charge >= 0.3 is 0 Å². The molecule has 2 rings (SSSR count). The summed E-state index contributed by atoms with van der Waals surface area (Å²) in [5.41, 5.74) is 0.797. The number of aliphatic hydroxyl groups is 1. The Morgan fingerprint density at radius 2 is 2.25 bits per heavy atom. The zero-order valence-electron chi connectivity index (χ0n) is 11.2. The van der Waals surface area contributed by atoms with Crippen LogP contribution in [-0.4, -0.2) is 25.1 Å². The van der Waals surface area contributed by atoms with Crippen molar-refractivity contribution in [1.29, 1.82) is 0 Å². The lowest BCUT2D eigenvalue weighted by atomic mass is 10.2. The molecule has 0 aliphatic heterocycles. The molecule has 20 heavy (non-hydrogen) atoms. The standard InChI is InChI=1S/C12H16N2O3S3/c1-8-5-11(19-10(8)7-15)20(16,17)14-6-9(2)12-13-3-4-18-12/h3-5,9,14-15H,6-7H2,1-2H3. The number of hydrogen-bond acceptors (Lipinski definition) is 6. The molecule has 2 aromatic heterocycles. The molecule has 0 aliphatic carbocycles. The number of rotatable bonds is 6. The number of aromatic nitrogens is 1. The topological polar surface area (TPSA) is 79.3 Å². The zero-order valence-corrected chi connectivity index (χ0v) is 13.6. The van der Waals surface area contributed by atoms with Crippen LogP contribution in [0.3, 0.4) is 0 Å². The number of hydrogen-bond donors (Lipinski definition) is 2. The Labute approximate surface area is 126 Å². The highest BCUT2D eigenvalue weighted by Gasteiger charge is 2.20. The van der Waals surface area contributed by atoms with E-state index in [9.17, 15) is 8.42 Å². The molecule has 110 valence electrons. The van der Waals surface area contributed by atoms with Crippen LogP contribution in [0, 0.1) is 6.92 Å². The van der Waals surface area contributed by atoms with Gasteiger partial charge in [-0.1, -0.05) is 6.92 Å². The van der Waals surface area contributed by atoms with Crippen LogP contribution < -0.4 is 4.72 Å². The molecule has 2 aromatic rings. The van der Waals surface area contributed by atoms with Crippen molar-refractivity contribution in [1.82, 2.24) is 9.71 Å². The smallest absolute Gasteiger partial charge is 0.250 e. The van der Waals surface area contributed by atoms with E-state index in [0.29, 0.717) is 11.4 Å². The molecule has 2 heterocycles. The van der Waals surface area contributed by atoms with Gasteiger partial charge in [0.05, 0.1) is 11.6 Å². The van der Waals surface area contributed by atoms with Crippen LogP contribution in [0.1, 0.15) is 28.3 Å². The van der Waals surface area contributed by atoms with Gasteiger partial charge in [0.1, 0.15) is 4.21 Å². The van der Waals surface area contributed by atoms with Crippen LogP contribution in [-0.2, 0) is 16.6 Å². The summed E-state index contributed by atoms with van der Waals surface area (Å²) in [7, 11) is -3.52. The summed E-state index contributed by atoms with van der Waals surface area (Å²) in [5.74, 6) is 0.0307. The van der Waals surface area contributed by atoms with Crippen LogP contribution in [0.2, 0.25) is 0 Å². The fraction of sp³-hybridized carbons (Fsp3) is 0.417. The lowest BCUT2D eigenvalue weighted by Gasteiger charge is -2.09. The monoisotopic (exact) mass is 332 g/mol. The first-order valence-electron chi connectivity index (χ1n) is 6.03. The minimum atomic E-state index is -3.52. The largest absolute Gasteiger partial charge is 0.391 e. The highest BCUT2D eigenvalue weighted by molar-refractivity contribution is 7.91. The van der Waals surface area contributed by atoms with Gasteiger partial charge in [0.2, 0.25) is 10.0 Å². The van der Waals surface area contributed by atoms with Crippen LogP contribution in [0.15, 0.2) is 21.9 Å². The third-order valence-electron chi connectivity index (χ3n) is 2.86. The second-order valence-electron chi connectivity index (χ2n) is 4.45. The molecule has 5 nitrogen and oxygen atoms in total. The molecule has 0 radical (unpaired) electrons. The van der Waals surface area contributed by atoms with Gasteiger partial charge in [-0.15, -0.1) is 22.7 Å². The summed E-state index contributed by atoms with van der Waals surface area (Å²) in [5, 5.41) is 11.9. The molecule has 2 N–H and O–H groups in total. The molecule has 0 bridgehead atoms. The summed E-state index contributed by atoms with van der Waals surface area (Å²) >= 11 is 2.61. The molecule has 0 saturated heterocycles. The molecule has 0 fully saturated rings. The quantitative estimate of drug-likeness (QED) is 0.849. The summed E-state index contributed by atoms with van der Waals surface area (Å²) < 4.78 is 27.2. The molecular formula is C12H16N2O3S3. The van der Waals surface area contributed by atoms with Gasteiger partial charge in [-0.05, 0) is 18.6 Å². The summed E-state index contributed by atoms with van der Waals surface area (Å²) in [6, 6.07) is 1.59. The van der Waals surface area contributed by atoms with E-state index in [2.05, 4.69) is 9.71 Å². The summed E-state index contributed by atoms with van der Waals surface area (Å²) in [6.45, 7) is 3.89. The number of aliphatic hydroxyl groups excluding tert-OH is 1. The van der Waals surface area contributed by atoms with Gasteiger partial charge in [-0.3, -0.25) is 0 Å². The Morgan fingerprint density at radius 1 is 1.50 bits per heavy atom. The fourth-order valence-corrected chi connectivity index (χ4v) is 4.97. The van der Waals surface area contributed by atoms with Gasteiger partial charge in [0, 0.05) is 28.9 Å². The maximum atomic E-state index is 12.2. The highest BCUT2D eigenvalue weighted by Crippen LogP contribution is 2.26. The van der Waals surface area contributed by atoms with Crippen LogP contribution in [0.4, 0.5) is 0 Å². The normalized spacial score (nSPS) is 13.6. The number of thiazole rings is 1. The zero-order chi connectivity index (χ0) is 14.8. The third kappa shape index (κ3) is 3.44. The maximum Gasteiger partial charge on any atom is 0.250 e. The molecule has 0 spiro atoms. The van der Waals surface area contributed by atoms with Crippen LogP contribution in [0.5, 0.6) is 0 Å². The first kappa shape index (κ1) is 15.6. The van der Waals surface area contributed by atoms with E-state index in [1.807, 2.05) is 12.3 Å². The van der Waals surface area contributed by atoms with Crippen molar-refractivity contribution in [2.45, 2.75) is 30.6 Å². The van der Waals surface area contributed by atoms with Crippen molar-refractivity contribution < 1.29 is 13.5 Å². The number of sulfonamides is 1. The average Bonchev–Trinajstić information content (AvgIpc) is 3.05. The second-order valence-corrected chi connectivity index (χ2v) is 8.51. The van der Waals surface area contributed by atoms with Gasteiger partial charge in [-0.2, -0.15) is 0 Å². The molecular weight excluding hydrogens is 316 g/mol. The van der Waals surface area contributed by atoms with Gasteiger partial charge in [-0.25, -0.2) is 18.1 Å². The number of nitrogens with zero attached hydrogens (tertiary/aromatic N) is 1. The molecule has 8 heteroatoms. The van der Waals surface area contributed by atoms with Crippen molar-refractivity contribution in [2.24, 2.45) is 0 Å². The first-order chi connectivity index (χ1) is 9.44. The van der Waals surface area contributed by atoms with Gasteiger partial charge in [0.25, 0.3) is 0 Å². The minimum absolute atomic E-state index is 0.0307. The molecule has 0 amide bonds. The Balaban J connectivity index is 2.07. The van der Waals surface area contributed by atoms with E-state index >= 15 is 0 Å². The highest BCUT2D eigenvalue weighted by atomic mass is 32.2. The van der Waals surface area contributed by atoms with E-state index < -0.39 is 10.0 Å². The Bertz CT molecular complexity index is 662. The van der Waals surface area contributed by atoms with E-state index in [1.54, 1.807) is 19.2 Å². The second kappa shape index (κ2) is 6.31. The lowest BCUT2D eigenvalue weighted by Crippen LogP contribution is -2.27. The van der Waals surface area contributed by atoms with E-state index in [4.69, 9.17) is 5.11 Å². The van der Waals surface area contributed by atoms with Gasteiger partial charge in [0.15, 0.2) is 0 Å². The van der Waals surface area contributed by atoms with E-state index in [-0.39, 0.29) is 16.7 Å². The first-order valence-corrected chi connectivity index (χ1v) is 9.21. The third-order valence-corrected chi connectivity index (χ3v) is 6.99. The van der Waals surface area contributed by atoms with Gasteiger partial charge < -0.3 is 5.11 Å². The van der Waals surface area contributed by atoms with Crippen molar-refractivity contribution in [2.75, 3.05) is 6.54 Å². The van der Waals surface area contributed by atoms with Crippen molar-refractivity contribution in [3.8, 4) is 0 Å². The van der Waals surface area contributed by atoms with E-state index in [1.165, 1.54) is 11.3 Å². The number of nitrogens with one attached hydrogen (secondary N) is 1. The molecule has 1 atom stereocenters. The SMILES string of the molecule is Cc1cc(S(=O)(=O)NCC(C)c2nccs2)sc1CO. The minimum Gasteiger partial charge on any atom is -0.391 e. The average molecular weight is 332 g/mol. The number of thiophene rings is 1. The van der Waals surface area contributed by atoms with Crippen LogP contribution in [0.25, 0.3) is 0 Å². The number of aryl methyl sites for hydroxylation is 1. The molecule has 1 unspecified atom stereocenters. The van der Waals surface area contributed by atoms with Crippen LogP contribution >= 0.6 is 22.7 Å². The maximum absolute atomic E-state index is 12.2.